The Morgan fingerprint density at radius 1 is 1.06 bits per heavy atom. The highest BCUT2D eigenvalue weighted by Crippen LogP contribution is 1.95. The molecule has 0 saturated carbocycles. The lowest BCUT2D eigenvalue weighted by atomic mass is 10.3. The van der Waals surface area contributed by atoms with Crippen molar-refractivity contribution in [2.75, 3.05) is 0 Å². The molecule has 0 aromatic carbocycles. The van der Waals surface area contributed by atoms with E-state index < -0.39 is 5.69 Å². The first-order chi connectivity index (χ1) is 8.58. The van der Waals surface area contributed by atoms with Crippen molar-refractivity contribution in [3.63, 3.8) is 0 Å². The van der Waals surface area contributed by atoms with Crippen molar-refractivity contribution in [1.82, 2.24) is 4.57 Å². The third-order valence-electron chi connectivity index (χ3n) is 2.39. The fraction of sp³-hybridized carbons (Fsp3) is 0.250. The lowest BCUT2D eigenvalue weighted by molar-refractivity contribution is -0.776. The number of rotatable bonds is 6. The number of allylic oxidation sites excluding steroid dienone is 3. The maximum atomic E-state index is 12.0. The van der Waals surface area contributed by atoms with E-state index in [1.165, 1.54) is 18.2 Å². The van der Waals surface area contributed by atoms with Crippen LogP contribution in [0.3, 0.4) is 0 Å². The van der Waals surface area contributed by atoms with Crippen LogP contribution >= 0.6 is 0 Å². The molecule has 0 N–H and O–H groups in total. The Labute approximate surface area is 105 Å². The van der Waals surface area contributed by atoms with Crippen molar-refractivity contribution >= 4 is 0 Å². The van der Waals surface area contributed by atoms with Crippen LogP contribution in [0.1, 0.15) is 11.6 Å². The molecule has 96 valence electrons. The largest absolute Gasteiger partial charge is 0.676 e. The van der Waals surface area contributed by atoms with Gasteiger partial charge in [0.05, 0.1) is 12.8 Å². The van der Waals surface area contributed by atoms with E-state index in [1.807, 2.05) is 0 Å². The molecular formula is C12H15N3O3. The predicted molar refractivity (Wildman–Crippen MR) is 66.6 cm³/mol. The highest BCUT2D eigenvalue weighted by Gasteiger charge is 2.26. The zero-order valence-corrected chi connectivity index (χ0v) is 10.0. The molecule has 0 bridgehead atoms. The van der Waals surface area contributed by atoms with Crippen molar-refractivity contribution < 1.29 is 9.46 Å². The van der Waals surface area contributed by atoms with E-state index in [9.17, 15) is 15.2 Å². The number of aromatic nitrogens is 3. The molecule has 0 unspecified atom stereocenters. The second-order valence-corrected chi connectivity index (χ2v) is 3.59. The maximum Gasteiger partial charge on any atom is 0.569 e. The smallest absolute Gasteiger partial charge is 0.569 e. The summed E-state index contributed by atoms with van der Waals surface area (Å²) < 4.78 is 1.63. The highest BCUT2D eigenvalue weighted by molar-refractivity contribution is 4.92. The Hall–Kier alpha value is -2.37. The quantitative estimate of drug-likeness (QED) is 0.396. The fourth-order valence-corrected chi connectivity index (χ4v) is 1.60. The van der Waals surface area contributed by atoms with Gasteiger partial charge >= 0.3 is 17.3 Å². The molecule has 0 aliphatic carbocycles. The van der Waals surface area contributed by atoms with Gasteiger partial charge in [0.1, 0.15) is 6.54 Å². The molecule has 1 rings (SSSR count). The number of hydrogen-bond acceptors (Lipinski definition) is 3. The van der Waals surface area contributed by atoms with Crippen LogP contribution < -0.4 is 15.2 Å². The average Bonchev–Trinajstić information content (AvgIpc) is 2.36. The Bertz CT molecular complexity index is 546. The molecular weight excluding hydrogens is 234 g/mol. The van der Waals surface area contributed by atoms with Crippen molar-refractivity contribution in [2.45, 2.75) is 19.4 Å². The van der Waals surface area contributed by atoms with E-state index in [0.29, 0.717) is 4.73 Å². The Kier molecular flexibility index (Phi) is 4.42. The molecule has 0 spiro atoms. The summed E-state index contributed by atoms with van der Waals surface area (Å²) in [6.45, 7) is 10.6. The molecule has 0 saturated heterocycles. The summed E-state index contributed by atoms with van der Waals surface area (Å²) in [5, 5.41) is 23.7. The van der Waals surface area contributed by atoms with Crippen LogP contribution in [-0.2, 0) is 19.4 Å². The first kappa shape index (κ1) is 13.7. The molecule has 0 aliphatic rings. The summed E-state index contributed by atoms with van der Waals surface area (Å²) in [6.07, 6.45) is 4.56. The predicted octanol–water partition coefficient (Wildman–Crippen LogP) is -0.242. The van der Waals surface area contributed by atoms with Gasteiger partial charge in [0.15, 0.2) is 0 Å². The topological polar surface area (TPSA) is 75.9 Å². The van der Waals surface area contributed by atoms with Gasteiger partial charge in [-0.2, -0.15) is 9.52 Å². The first-order valence-corrected chi connectivity index (χ1v) is 5.38. The molecule has 0 radical (unpaired) electrons. The average molecular weight is 249 g/mol. The maximum absolute atomic E-state index is 12.0. The zero-order chi connectivity index (χ0) is 13.7. The molecule has 1 aromatic heterocycles. The molecule has 1 heterocycles. The van der Waals surface area contributed by atoms with Gasteiger partial charge in [-0.05, 0) is 6.08 Å². The first-order valence-electron chi connectivity index (χ1n) is 5.38. The SMILES string of the molecule is C=CCc1n(CC=C)c(=O)[n+]([O-])c(CC=C)[n+]1[O-]. The van der Waals surface area contributed by atoms with Crippen LogP contribution in [0.15, 0.2) is 42.8 Å². The second kappa shape index (κ2) is 5.81. The van der Waals surface area contributed by atoms with Crippen LogP contribution in [-0.4, -0.2) is 4.57 Å². The minimum absolute atomic E-state index is 0.0291. The lowest BCUT2D eigenvalue weighted by Gasteiger charge is -2.12. The summed E-state index contributed by atoms with van der Waals surface area (Å²) in [5.74, 6) is -0.0222. The standard InChI is InChI=1S/C12H15N3O3/c1-4-7-10-13(9-6-3)12(16)15(18)11(8-5-2)14(10)17/h4-6H,1-3,7-9H2. The Balaban J connectivity index is 3.62. The van der Waals surface area contributed by atoms with E-state index in [2.05, 4.69) is 19.7 Å². The lowest BCUT2D eigenvalue weighted by Crippen LogP contribution is -2.63. The molecule has 0 amide bonds. The molecule has 0 atom stereocenters. The summed E-state index contributed by atoms with van der Waals surface area (Å²) in [5.41, 5.74) is -0.796. The van der Waals surface area contributed by atoms with Crippen LogP contribution in [0.5, 0.6) is 0 Å². The minimum atomic E-state index is -0.796. The monoisotopic (exact) mass is 249 g/mol. The molecule has 0 fully saturated rings. The van der Waals surface area contributed by atoms with E-state index in [0.717, 1.165) is 4.57 Å². The van der Waals surface area contributed by atoms with Crippen molar-refractivity contribution in [1.29, 1.82) is 0 Å². The highest BCUT2D eigenvalue weighted by atomic mass is 16.5. The summed E-state index contributed by atoms with van der Waals surface area (Å²) in [4.78, 5) is 11.8. The third kappa shape index (κ3) is 2.32. The van der Waals surface area contributed by atoms with Gasteiger partial charge in [-0.1, -0.05) is 18.7 Å². The zero-order valence-electron chi connectivity index (χ0n) is 10.0. The van der Waals surface area contributed by atoms with E-state index in [4.69, 9.17) is 0 Å². The van der Waals surface area contributed by atoms with E-state index in [1.54, 1.807) is 0 Å². The van der Waals surface area contributed by atoms with Gasteiger partial charge in [-0.25, -0.2) is 0 Å². The van der Waals surface area contributed by atoms with E-state index in [-0.39, 0.29) is 35.8 Å². The van der Waals surface area contributed by atoms with Gasteiger partial charge in [0.2, 0.25) is 0 Å². The van der Waals surface area contributed by atoms with Gasteiger partial charge in [-0.15, -0.1) is 22.5 Å². The molecule has 0 aliphatic heterocycles. The Morgan fingerprint density at radius 3 is 2.17 bits per heavy atom. The van der Waals surface area contributed by atoms with Crippen molar-refractivity contribution in [2.24, 2.45) is 0 Å². The molecule has 18 heavy (non-hydrogen) atoms. The summed E-state index contributed by atoms with van der Waals surface area (Å²) in [7, 11) is 0. The van der Waals surface area contributed by atoms with Crippen molar-refractivity contribution in [3.05, 3.63) is 70.5 Å². The van der Waals surface area contributed by atoms with Crippen LogP contribution in [0.25, 0.3) is 0 Å². The molecule has 6 nitrogen and oxygen atoms in total. The van der Waals surface area contributed by atoms with Crippen LogP contribution in [0.2, 0.25) is 0 Å². The van der Waals surface area contributed by atoms with Crippen LogP contribution in [0.4, 0.5) is 0 Å². The van der Waals surface area contributed by atoms with Gasteiger partial charge < -0.3 is 10.4 Å². The number of nitrogens with zero attached hydrogens (tertiary/aromatic N) is 3. The third-order valence-corrected chi connectivity index (χ3v) is 2.39. The van der Waals surface area contributed by atoms with Gasteiger partial charge in [0.25, 0.3) is 0 Å². The van der Waals surface area contributed by atoms with Gasteiger partial charge in [0, 0.05) is 0 Å². The van der Waals surface area contributed by atoms with Gasteiger partial charge in [-0.3, -0.25) is 0 Å². The van der Waals surface area contributed by atoms with E-state index >= 15 is 0 Å². The minimum Gasteiger partial charge on any atom is -0.676 e. The summed E-state index contributed by atoms with van der Waals surface area (Å²) in [6, 6.07) is 0. The molecule has 1 aromatic rings. The van der Waals surface area contributed by atoms with Crippen molar-refractivity contribution in [3.8, 4) is 0 Å². The number of hydrogen-bond donors (Lipinski definition) is 0. The Morgan fingerprint density at radius 2 is 1.67 bits per heavy atom. The fourth-order valence-electron chi connectivity index (χ4n) is 1.60. The molecule has 6 heteroatoms. The second-order valence-electron chi connectivity index (χ2n) is 3.59. The summed E-state index contributed by atoms with van der Waals surface area (Å²) >= 11 is 0. The normalized spacial score (nSPS) is 10.0. The van der Waals surface area contributed by atoms with Crippen LogP contribution in [0, 0.1) is 10.4 Å².